The highest BCUT2D eigenvalue weighted by molar-refractivity contribution is 6.07. The molecule has 0 radical (unpaired) electrons. The Morgan fingerprint density at radius 2 is 1.90 bits per heavy atom. The Balaban J connectivity index is 1.33. The minimum Gasteiger partial charge on any atom is -0.496 e. The molecule has 1 aliphatic carbocycles. The van der Waals surface area contributed by atoms with Crippen molar-refractivity contribution in [2.75, 3.05) is 40.0 Å². The number of nitrogens with one attached hydrogen (secondary N) is 3. The molecule has 1 spiro atoms. The Kier molecular flexibility index (Phi) is 6.02. The van der Waals surface area contributed by atoms with Gasteiger partial charge in [0.25, 0.3) is 5.91 Å². The Morgan fingerprint density at radius 3 is 2.60 bits per heavy atom. The predicted octanol–water partition coefficient (Wildman–Crippen LogP) is -0.255. The van der Waals surface area contributed by atoms with Crippen LogP contribution in [-0.2, 0) is 11.3 Å². The number of benzene rings is 1. The number of aryl methyl sites for hydroxylation is 1. The molecule has 0 bridgehead atoms. The number of methoxy groups -OCH3 is 1. The fraction of sp³-hybridized carbons (Fsp3) is 0.652. The van der Waals surface area contributed by atoms with Crippen LogP contribution in [0.15, 0.2) is 18.2 Å². The molecule has 1 aromatic carbocycles. The molecule has 1 aromatic rings. The highest BCUT2D eigenvalue weighted by atomic mass is 16.5. The van der Waals surface area contributed by atoms with Crippen LogP contribution in [0.25, 0.3) is 0 Å². The van der Waals surface area contributed by atoms with Crippen molar-refractivity contribution in [3.05, 3.63) is 29.3 Å². The zero-order valence-electron chi connectivity index (χ0n) is 18.6. The van der Waals surface area contributed by atoms with Crippen molar-refractivity contribution in [1.29, 1.82) is 0 Å². The third kappa shape index (κ3) is 3.93. The van der Waals surface area contributed by atoms with E-state index >= 15 is 0 Å². The molecule has 2 aliphatic heterocycles. The highest BCUT2D eigenvalue weighted by Crippen LogP contribution is 2.37. The molecule has 2 atom stereocenters. The van der Waals surface area contributed by atoms with E-state index in [0.717, 1.165) is 64.2 Å². The number of urea groups is 1. The van der Waals surface area contributed by atoms with E-state index in [1.807, 2.05) is 6.07 Å². The van der Waals surface area contributed by atoms with Crippen LogP contribution in [0.5, 0.6) is 5.75 Å². The monoisotopic (exact) mass is 416 g/mol. The number of hydrogen-bond donors (Lipinski definition) is 3. The van der Waals surface area contributed by atoms with Gasteiger partial charge >= 0.3 is 6.03 Å². The zero-order valence-corrected chi connectivity index (χ0v) is 18.6. The van der Waals surface area contributed by atoms with Crippen molar-refractivity contribution in [3.8, 4) is 5.75 Å². The van der Waals surface area contributed by atoms with Crippen LogP contribution in [0.2, 0.25) is 0 Å². The van der Waals surface area contributed by atoms with E-state index in [9.17, 15) is 9.59 Å². The van der Waals surface area contributed by atoms with Crippen molar-refractivity contribution in [1.82, 2.24) is 10.2 Å². The van der Waals surface area contributed by atoms with Crippen LogP contribution in [-0.4, -0.2) is 62.3 Å². The summed E-state index contributed by atoms with van der Waals surface area (Å²) in [6.07, 6.45) is 3.95. The van der Waals surface area contributed by atoms with Crippen molar-refractivity contribution >= 4 is 11.9 Å². The summed E-state index contributed by atoms with van der Waals surface area (Å²) in [5.41, 5.74) is 1.85. The first-order valence-electron chi connectivity index (χ1n) is 11.4. The Labute approximate surface area is 179 Å². The number of nitrogens with zero attached hydrogens (tertiary/aromatic N) is 1. The van der Waals surface area contributed by atoms with Gasteiger partial charge in [-0.25, -0.2) is 9.69 Å². The average molecular weight is 417 g/mol. The number of piperazine rings is 1. The highest BCUT2D eigenvalue weighted by Gasteiger charge is 2.55. The molecule has 0 aromatic heterocycles. The molecule has 2 saturated heterocycles. The van der Waals surface area contributed by atoms with Crippen LogP contribution >= 0.6 is 0 Å². The van der Waals surface area contributed by atoms with Crippen LogP contribution in [0.3, 0.4) is 0 Å². The number of ether oxygens (including phenoxy) is 1. The summed E-state index contributed by atoms with van der Waals surface area (Å²) < 4.78 is 5.53. The fourth-order valence-electron chi connectivity index (χ4n) is 5.47. The van der Waals surface area contributed by atoms with Gasteiger partial charge < -0.3 is 19.9 Å². The minimum atomic E-state index is -0.649. The van der Waals surface area contributed by atoms with E-state index in [4.69, 9.17) is 4.74 Å². The molecule has 7 nitrogen and oxygen atoms in total. The lowest BCUT2D eigenvalue weighted by atomic mass is 9.73. The number of carbonyl (C=O) groups excluding carboxylic acids is 2. The quantitative estimate of drug-likeness (QED) is 0.580. The van der Waals surface area contributed by atoms with Gasteiger partial charge in [0, 0.05) is 5.56 Å². The van der Waals surface area contributed by atoms with Crippen LogP contribution < -0.4 is 19.9 Å². The largest absolute Gasteiger partial charge is 0.496 e. The number of imide groups is 1. The summed E-state index contributed by atoms with van der Waals surface area (Å²) in [5.74, 6) is 1.17. The summed E-state index contributed by atoms with van der Waals surface area (Å²) in [6.45, 7) is 9.62. The number of quaternary nitrogens is 2. The fourth-order valence-corrected chi connectivity index (χ4v) is 5.47. The second-order valence-corrected chi connectivity index (χ2v) is 9.43. The third-order valence-corrected chi connectivity index (χ3v) is 7.42. The molecule has 1 saturated carbocycles. The normalized spacial score (nSPS) is 31.8. The molecule has 164 valence electrons. The maximum absolute atomic E-state index is 13.2. The molecule has 7 heteroatoms. The number of carbonyl (C=O) groups is 2. The van der Waals surface area contributed by atoms with Gasteiger partial charge in [-0.1, -0.05) is 31.4 Å². The van der Waals surface area contributed by atoms with Crippen molar-refractivity contribution in [2.45, 2.75) is 51.6 Å². The number of hydrogen-bond acceptors (Lipinski definition) is 3. The average Bonchev–Trinajstić information content (AvgIpc) is 2.97. The van der Waals surface area contributed by atoms with Crippen molar-refractivity contribution < 1.29 is 24.1 Å². The van der Waals surface area contributed by atoms with E-state index in [2.05, 4.69) is 31.3 Å². The molecular weight excluding hydrogens is 380 g/mol. The lowest BCUT2D eigenvalue weighted by Crippen LogP contribution is -3.28. The van der Waals surface area contributed by atoms with Gasteiger partial charge in [0.15, 0.2) is 6.67 Å². The second kappa shape index (κ2) is 8.55. The number of amides is 3. The second-order valence-electron chi connectivity index (χ2n) is 9.43. The van der Waals surface area contributed by atoms with E-state index in [1.165, 1.54) is 25.8 Å². The first-order chi connectivity index (χ1) is 14.4. The minimum absolute atomic E-state index is 0.00599. The summed E-state index contributed by atoms with van der Waals surface area (Å²) in [5, 5.41) is 3.07. The molecular formula is C23H36N4O3+2. The first kappa shape index (κ1) is 21.1. The third-order valence-electron chi connectivity index (χ3n) is 7.42. The standard InChI is InChI=1S/C23H34N4O3/c1-17-7-8-20(30-3)19(14-17)15-25-10-12-26(13-11-25)16-27-21(28)23(24-22(27)29)9-5-4-6-18(23)2/h7-8,14,18H,4-6,9-13,15-16H2,1-3H3,(H,24,29)/p+2/t18-,23+/m0/s1. The van der Waals surface area contributed by atoms with Gasteiger partial charge in [0.1, 0.15) is 44.0 Å². The zero-order chi connectivity index (χ0) is 21.3. The molecule has 0 unspecified atom stereocenters. The Bertz CT molecular complexity index is 806. The van der Waals surface area contributed by atoms with Crippen LogP contribution in [0, 0.1) is 12.8 Å². The number of rotatable bonds is 5. The topological polar surface area (TPSA) is 67.5 Å². The molecule has 30 heavy (non-hydrogen) atoms. The lowest BCUT2D eigenvalue weighted by molar-refractivity contribution is -1.02. The van der Waals surface area contributed by atoms with Gasteiger partial charge in [-0.15, -0.1) is 0 Å². The van der Waals surface area contributed by atoms with E-state index < -0.39 is 5.54 Å². The molecule has 2 heterocycles. The van der Waals surface area contributed by atoms with E-state index in [-0.39, 0.29) is 17.9 Å². The summed E-state index contributed by atoms with van der Waals surface area (Å²) in [6, 6.07) is 6.15. The van der Waals surface area contributed by atoms with E-state index in [0.29, 0.717) is 6.67 Å². The first-order valence-corrected chi connectivity index (χ1v) is 11.4. The van der Waals surface area contributed by atoms with Gasteiger partial charge in [-0.2, -0.15) is 0 Å². The summed E-state index contributed by atoms with van der Waals surface area (Å²) in [7, 11) is 1.73. The molecule has 3 amide bonds. The van der Waals surface area contributed by atoms with Gasteiger partial charge in [0.2, 0.25) is 0 Å². The molecule has 3 aliphatic rings. The van der Waals surface area contributed by atoms with E-state index in [1.54, 1.807) is 7.11 Å². The summed E-state index contributed by atoms with van der Waals surface area (Å²) >= 11 is 0. The Hall–Kier alpha value is -2.12. The molecule has 3 N–H and O–H groups in total. The van der Waals surface area contributed by atoms with Crippen molar-refractivity contribution in [3.63, 3.8) is 0 Å². The van der Waals surface area contributed by atoms with Crippen LogP contribution in [0.1, 0.15) is 43.7 Å². The molecule has 4 rings (SSSR count). The lowest BCUT2D eigenvalue weighted by Gasteiger charge is -2.37. The maximum Gasteiger partial charge on any atom is 0.329 e. The van der Waals surface area contributed by atoms with Crippen molar-refractivity contribution in [2.24, 2.45) is 5.92 Å². The smallest absolute Gasteiger partial charge is 0.329 e. The van der Waals surface area contributed by atoms with Gasteiger partial charge in [-0.05, 0) is 37.8 Å². The van der Waals surface area contributed by atoms with Gasteiger partial charge in [0.05, 0.1) is 7.11 Å². The molecule has 3 fully saturated rings. The predicted molar refractivity (Wildman–Crippen MR) is 113 cm³/mol. The summed E-state index contributed by atoms with van der Waals surface area (Å²) in [4.78, 5) is 30.2. The maximum atomic E-state index is 13.2. The SMILES string of the molecule is COc1ccc(C)cc1C[NH+]1CC[NH+](CN2C(=O)N[C@@]3(CCCC[C@@H]3C)C2=O)CC1. The Morgan fingerprint density at radius 1 is 1.17 bits per heavy atom. The van der Waals surface area contributed by atoms with Crippen LogP contribution in [0.4, 0.5) is 4.79 Å². The van der Waals surface area contributed by atoms with Gasteiger partial charge in [-0.3, -0.25) is 4.79 Å².